The van der Waals surface area contributed by atoms with E-state index in [0.29, 0.717) is 17.5 Å². The fourth-order valence-electron chi connectivity index (χ4n) is 9.06. The Hall–Kier alpha value is -6.52. The van der Waals surface area contributed by atoms with Gasteiger partial charge in [0.05, 0.1) is 11.1 Å². The smallest absolute Gasteiger partial charge is 0.164 e. The average molecular weight is 737 g/mol. The molecule has 0 fully saturated rings. The van der Waals surface area contributed by atoms with Crippen molar-refractivity contribution in [1.29, 1.82) is 0 Å². The zero-order valence-electron chi connectivity index (χ0n) is 33.3. The van der Waals surface area contributed by atoms with Gasteiger partial charge in [0.2, 0.25) is 0 Å². The molecule has 10 rings (SSSR count). The predicted octanol–water partition coefficient (Wildman–Crippen LogP) is 12.9. The molecule has 6 aromatic carbocycles. The molecule has 0 amide bonds. The summed E-state index contributed by atoms with van der Waals surface area (Å²) in [5, 5.41) is 0. The number of pyridine rings is 1. The number of rotatable bonds is 4. The minimum Gasteiger partial charge on any atom is -0.256 e. The molecule has 8 aromatic rings. The standard InChI is InChI=1S/C53H44N4/c1-51(2,3)46-31-30-37(47(54-46)52(4,5)6)33-24-26-35(27-25-33)49-55-48(34-16-8-7-9-17-34)56-50(57-49)36-28-29-41-40-20-12-15-23-44(40)53(45(41)32-36)42-21-13-10-18-38(42)39-19-11-14-22-43(39)53/h7-32H,1-6H3. The van der Waals surface area contributed by atoms with Gasteiger partial charge in [-0.15, -0.1) is 0 Å². The summed E-state index contributed by atoms with van der Waals surface area (Å²) >= 11 is 0. The molecule has 2 aliphatic rings. The lowest BCUT2D eigenvalue weighted by molar-refractivity contribution is 0.532. The van der Waals surface area contributed by atoms with Crippen LogP contribution in [0.1, 0.15) is 75.2 Å². The van der Waals surface area contributed by atoms with Crippen LogP contribution in [0.3, 0.4) is 0 Å². The maximum absolute atomic E-state index is 5.24. The van der Waals surface area contributed by atoms with Gasteiger partial charge in [-0.3, -0.25) is 4.98 Å². The van der Waals surface area contributed by atoms with E-state index < -0.39 is 5.41 Å². The van der Waals surface area contributed by atoms with Crippen LogP contribution in [0.5, 0.6) is 0 Å². The third-order valence-corrected chi connectivity index (χ3v) is 11.8. The molecule has 0 unspecified atom stereocenters. The lowest BCUT2D eigenvalue weighted by atomic mass is 9.70. The molecule has 0 bridgehead atoms. The highest BCUT2D eigenvalue weighted by Gasteiger charge is 2.51. The van der Waals surface area contributed by atoms with Crippen LogP contribution in [0.2, 0.25) is 0 Å². The zero-order valence-corrected chi connectivity index (χ0v) is 33.3. The summed E-state index contributed by atoms with van der Waals surface area (Å²) in [6.07, 6.45) is 0. The Morgan fingerprint density at radius 3 is 1.28 bits per heavy atom. The molecule has 2 aromatic heterocycles. The average Bonchev–Trinajstić information content (AvgIpc) is 3.70. The Labute approximate surface area is 335 Å². The lowest BCUT2D eigenvalue weighted by Crippen LogP contribution is -2.25. The van der Waals surface area contributed by atoms with Crippen LogP contribution >= 0.6 is 0 Å². The fourth-order valence-corrected chi connectivity index (χ4v) is 9.06. The van der Waals surface area contributed by atoms with Crippen LogP contribution in [0.15, 0.2) is 158 Å². The highest BCUT2D eigenvalue weighted by Crippen LogP contribution is 2.63. The number of fused-ring (bicyclic) bond motifs is 10. The van der Waals surface area contributed by atoms with Gasteiger partial charge in [0, 0.05) is 38.8 Å². The van der Waals surface area contributed by atoms with Crippen molar-refractivity contribution in [2.45, 2.75) is 57.8 Å². The van der Waals surface area contributed by atoms with E-state index >= 15 is 0 Å². The van der Waals surface area contributed by atoms with Crippen molar-refractivity contribution in [1.82, 2.24) is 19.9 Å². The van der Waals surface area contributed by atoms with Crippen molar-refractivity contribution in [3.8, 4) is 67.5 Å². The highest BCUT2D eigenvalue weighted by atomic mass is 15.0. The molecule has 276 valence electrons. The Morgan fingerprint density at radius 2 is 0.754 bits per heavy atom. The second-order valence-corrected chi connectivity index (χ2v) is 17.5. The van der Waals surface area contributed by atoms with E-state index in [4.69, 9.17) is 19.9 Å². The summed E-state index contributed by atoms with van der Waals surface area (Å²) < 4.78 is 0. The van der Waals surface area contributed by atoms with E-state index in [1.54, 1.807) is 0 Å². The molecule has 1 spiro atoms. The lowest BCUT2D eigenvalue weighted by Gasteiger charge is -2.30. The third-order valence-electron chi connectivity index (χ3n) is 11.8. The maximum Gasteiger partial charge on any atom is 0.164 e. The predicted molar refractivity (Wildman–Crippen MR) is 233 cm³/mol. The molecule has 57 heavy (non-hydrogen) atoms. The molecule has 4 nitrogen and oxygen atoms in total. The van der Waals surface area contributed by atoms with Gasteiger partial charge in [-0.05, 0) is 62.2 Å². The highest BCUT2D eigenvalue weighted by molar-refractivity contribution is 5.95. The first-order valence-corrected chi connectivity index (χ1v) is 19.9. The van der Waals surface area contributed by atoms with Gasteiger partial charge in [0.1, 0.15) is 0 Å². The minimum absolute atomic E-state index is 0.0370. The van der Waals surface area contributed by atoms with E-state index in [9.17, 15) is 0 Å². The van der Waals surface area contributed by atoms with Crippen LogP contribution in [-0.2, 0) is 16.2 Å². The molecule has 2 aliphatic carbocycles. The van der Waals surface area contributed by atoms with Crippen LogP contribution < -0.4 is 0 Å². The van der Waals surface area contributed by atoms with Gasteiger partial charge in [0.15, 0.2) is 17.5 Å². The van der Waals surface area contributed by atoms with Crippen molar-refractivity contribution < 1.29 is 0 Å². The fraction of sp³-hybridized carbons (Fsp3) is 0.170. The molecule has 0 saturated carbocycles. The second kappa shape index (κ2) is 12.8. The van der Waals surface area contributed by atoms with Crippen molar-refractivity contribution in [3.05, 3.63) is 191 Å². The molecule has 2 heterocycles. The van der Waals surface area contributed by atoms with Gasteiger partial charge < -0.3 is 0 Å². The third kappa shape index (κ3) is 5.49. The second-order valence-electron chi connectivity index (χ2n) is 17.5. The van der Waals surface area contributed by atoms with Crippen molar-refractivity contribution >= 4 is 0 Å². The monoisotopic (exact) mass is 736 g/mol. The van der Waals surface area contributed by atoms with E-state index in [1.165, 1.54) is 44.5 Å². The first-order valence-electron chi connectivity index (χ1n) is 19.9. The Bertz CT molecular complexity index is 2790. The summed E-state index contributed by atoms with van der Waals surface area (Å²) in [4.78, 5) is 20.7. The minimum atomic E-state index is -0.449. The van der Waals surface area contributed by atoms with Crippen molar-refractivity contribution in [2.75, 3.05) is 0 Å². The molecule has 0 N–H and O–H groups in total. The number of benzene rings is 6. The van der Waals surface area contributed by atoms with Crippen LogP contribution in [-0.4, -0.2) is 19.9 Å². The summed E-state index contributed by atoms with van der Waals surface area (Å²) in [5.41, 5.74) is 17.0. The molecule has 4 heteroatoms. The van der Waals surface area contributed by atoms with Crippen molar-refractivity contribution in [3.63, 3.8) is 0 Å². The zero-order chi connectivity index (χ0) is 39.1. The molecule has 0 atom stereocenters. The first kappa shape index (κ1) is 34.9. The molecular formula is C53H44N4. The largest absolute Gasteiger partial charge is 0.256 e. The van der Waals surface area contributed by atoms with E-state index in [0.717, 1.165) is 39.2 Å². The summed E-state index contributed by atoms with van der Waals surface area (Å²) in [6.45, 7) is 13.4. The summed E-state index contributed by atoms with van der Waals surface area (Å²) in [7, 11) is 0. The van der Waals surface area contributed by atoms with E-state index in [2.05, 4.69) is 181 Å². The molecule has 0 saturated heterocycles. The number of aromatic nitrogens is 4. The molecule has 0 aliphatic heterocycles. The first-order chi connectivity index (χ1) is 27.5. The normalized spacial score (nSPS) is 13.6. The number of hydrogen-bond acceptors (Lipinski definition) is 4. The quantitative estimate of drug-likeness (QED) is 0.180. The van der Waals surface area contributed by atoms with Gasteiger partial charge >= 0.3 is 0 Å². The summed E-state index contributed by atoms with van der Waals surface area (Å²) in [6, 6.07) is 56.8. The van der Waals surface area contributed by atoms with Crippen LogP contribution in [0.4, 0.5) is 0 Å². The Balaban J connectivity index is 1.13. The summed E-state index contributed by atoms with van der Waals surface area (Å²) in [5.74, 6) is 1.93. The van der Waals surface area contributed by atoms with Gasteiger partial charge in [-0.2, -0.15) is 0 Å². The number of nitrogens with zero attached hydrogens (tertiary/aromatic N) is 4. The van der Waals surface area contributed by atoms with Gasteiger partial charge in [-0.1, -0.05) is 187 Å². The SMILES string of the molecule is CC(C)(C)c1ccc(-c2ccc(-c3nc(-c4ccccc4)nc(-c4ccc5c(c4)C4(c6ccccc6-c6ccccc64)c4ccccc4-5)n3)cc2)c(C(C)(C)C)n1. The van der Waals surface area contributed by atoms with Crippen LogP contribution in [0.25, 0.3) is 67.5 Å². The maximum atomic E-state index is 5.24. The van der Waals surface area contributed by atoms with E-state index in [1.807, 2.05) is 18.2 Å². The topological polar surface area (TPSA) is 51.6 Å². The number of hydrogen-bond donors (Lipinski definition) is 0. The van der Waals surface area contributed by atoms with E-state index in [-0.39, 0.29) is 10.8 Å². The molecular weight excluding hydrogens is 693 g/mol. The van der Waals surface area contributed by atoms with Crippen molar-refractivity contribution in [2.24, 2.45) is 0 Å². The van der Waals surface area contributed by atoms with Gasteiger partial charge in [-0.25, -0.2) is 15.0 Å². The Morgan fingerprint density at radius 1 is 0.333 bits per heavy atom. The van der Waals surface area contributed by atoms with Gasteiger partial charge in [0.25, 0.3) is 0 Å². The Kier molecular flexibility index (Phi) is 7.82. The molecule has 0 radical (unpaired) electrons. The van der Waals surface area contributed by atoms with Crippen LogP contribution in [0, 0.1) is 0 Å².